The third kappa shape index (κ3) is 6.39. The van der Waals surface area contributed by atoms with Gasteiger partial charge in [-0.25, -0.2) is 4.79 Å². The van der Waals surface area contributed by atoms with Crippen LogP contribution in [0.1, 0.15) is 53.4 Å². The van der Waals surface area contributed by atoms with Crippen LogP contribution in [-0.2, 0) is 20.5 Å². The number of hydrogen-bond acceptors (Lipinski definition) is 6. The molecule has 0 spiro atoms. The fourth-order valence-electron chi connectivity index (χ4n) is 4.54. The van der Waals surface area contributed by atoms with E-state index in [-0.39, 0.29) is 11.6 Å². The number of rotatable bonds is 7. The Kier molecular flexibility index (Phi) is 10.3. The van der Waals surface area contributed by atoms with Crippen molar-refractivity contribution in [2.24, 2.45) is 0 Å². The van der Waals surface area contributed by atoms with Gasteiger partial charge in [-0.1, -0.05) is 37.3 Å². The van der Waals surface area contributed by atoms with Crippen LogP contribution >= 0.6 is 18.6 Å². The summed E-state index contributed by atoms with van der Waals surface area (Å²) < 4.78 is 4.90. The smallest absolute Gasteiger partial charge is 0.350 e. The summed E-state index contributed by atoms with van der Waals surface area (Å²) in [5, 5.41) is 13.3. The Bertz CT molecular complexity index is 893. The molecule has 32 heavy (non-hydrogen) atoms. The van der Waals surface area contributed by atoms with E-state index in [4.69, 9.17) is 14.6 Å². The number of methoxy groups -OCH3 is 1. The molecule has 1 aromatic carbocycles. The summed E-state index contributed by atoms with van der Waals surface area (Å²) in [6, 6.07) is 10.6. The second-order valence-electron chi connectivity index (χ2n) is 7.99. The van der Waals surface area contributed by atoms with Crippen LogP contribution in [0.5, 0.6) is 0 Å². The predicted molar refractivity (Wildman–Crippen MR) is 130 cm³/mol. The lowest BCUT2D eigenvalue weighted by Gasteiger charge is -2.36. The zero-order chi connectivity index (χ0) is 23.6. The molecule has 2 heterocycles. The Balaban J connectivity index is 0.00000114. The summed E-state index contributed by atoms with van der Waals surface area (Å²) >= 11 is 1.33. The second kappa shape index (κ2) is 12.7. The van der Waals surface area contributed by atoms with Crippen LogP contribution in [0.2, 0.25) is 0 Å². The van der Waals surface area contributed by atoms with E-state index in [9.17, 15) is 9.59 Å². The summed E-state index contributed by atoms with van der Waals surface area (Å²) in [4.78, 5) is 34.4. The molecule has 0 bridgehead atoms. The molecular weight excluding hydrogens is 445 g/mol. The van der Waals surface area contributed by atoms with Gasteiger partial charge in [0.25, 0.3) is 5.91 Å². The number of nitrogens with one attached hydrogen (secondary N) is 1. The molecule has 1 aromatic heterocycles. The van der Waals surface area contributed by atoms with Gasteiger partial charge in [0.15, 0.2) is 0 Å². The number of ether oxygens (including phenoxy) is 1. The normalized spacial score (nSPS) is 15.6. The van der Waals surface area contributed by atoms with Crippen LogP contribution in [0.3, 0.4) is 0 Å². The van der Waals surface area contributed by atoms with Gasteiger partial charge in [0.2, 0.25) is 0 Å². The Labute approximate surface area is 194 Å². The Morgan fingerprint density at radius 2 is 1.84 bits per heavy atom. The van der Waals surface area contributed by atoms with E-state index >= 15 is 0 Å². The molecule has 1 aliphatic heterocycles. The fourth-order valence-corrected chi connectivity index (χ4v) is 10.8. The molecule has 1 atom stereocenters. The minimum Gasteiger partial charge on any atom is -0.554 e. The molecule has 174 valence electrons. The first-order chi connectivity index (χ1) is 15.4. The van der Waals surface area contributed by atoms with Crippen molar-refractivity contribution in [2.75, 3.05) is 24.8 Å². The number of hydrogen-bond donors (Lipinski definition) is 1. The van der Waals surface area contributed by atoms with Gasteiger partial charge in [0, 0.05) is 13.7 Å². The summed E-state index contributed by atoms with van der Waals surface area (Å²) in [5.74, 6) is -0.316. The monoisotopic (exact) mass is 477 g/mol. The molecule has 1 unspecified atom stereocenters. The Morgan fingerprint density at radius 3 is 2.41 bits per heavy atom. The van der Waals surface area contributed by atoms with Crippen LogP contribution in [0.4, 0.5) is 5.69 Å². The van der Waals surface area contributed by atoms with Crippen molar-refractivity contribution >= 4 is 42.6 Å². The molecule has 1 N–H and O–H groups in total. The number of carboxylic acid groups (broad SMARTS) is 1. The molecule has 3 rings (SSSR count). The average Bonchev–Trinajstić information content (AvgIpc) is 3.15. The highest BCUT2D eigenvalue weighted by Gasteiger charge is 2.49. The molecule has 1 amide bonds. The van der Waals surface area contributed by atoms with Crippen molar-refractivity contribution in [3.63, 3.8) is 0 Å². The highest BCUT2D eigenvalue weighted by molar-refractivity contribution is 7.76. The molecule has 6 nitrogen and oxygen atoms in total. The number of benzene rings is 1. The van der Waals surface area contributed by atoms with Gasteiger partial charge in [0.05, 0.1) is 31.3 Å². The highest BCUT2D eigenvalue weighted by atomic mass is 32.1. The molecular formula is C24H32NO5PS. The first-order valence-corrected chi connectivity index (χ1v) is 14.1. The van der Waals surface area contributed by atoms with Gasteiger partial charge in [-0.3, -0.25) is 4.79 Å². The highest BCUT2D eigenvalue weighted by Crippen LogP contribution is 2.69. The van der Waals surface area contributed by atoms with Crippen LogP contribution in [0.15, 0.2) is 35.7 Å². The number of carbonyl (C=O) groups is 3. The third-order valence-electron chi connectivity index (χ3n) is 5.99. The second-order valence-corrected chi connectivity index (χ2v) is 13.1. The van der Waals surface area contributed by atoms with Crippen molar-refractivity contribution in [1.82, 2.24) is 0 Å². The van der Waals surface area contributed by atoms with E-state index < -0.39 is 19.7 Å². The maximum absolute atomic E-state index is 13.5. The molecule has 0 radical (unpaired) electrons. The fraction of sp³-hybridized carbons (Fsp3) is 0.458. The number of amides is 1. The van der Waals surface area contributed by atoms with Gasteiger partial charge in [-0.15, -0.1) is 11.3 Å². The van der Waals surface area contributed by atoms with E-state index in [1.54, 1.807) is 0 Å². The third-order valence-corrected chi connectivity index (χ3v) is 12.4. The summed E-state index contributed by atoms with van der Waals surface area (Å²) in [5.41, 5.74) is 2.90. The van der Waals surface area contributed by atoms with Crippen LogP contribution in [0.25, 0.3) is 0 Å². The zero-order valence-electron chi connectivity index (χ0n) is 19.0. The Morgan fingerprint density at radius 1 is 1.22 bits per heavy atom. The summed E-state index contributed by atoms with van der Waals surface area (Å²) in [6.45, 7) is 3.56. The summed E-state index contributed by atoms with van der Waals surface area (Å²) in [7, 11) is -0.107. The van der Waals surface area contributed by atoms with Gasteiger partial charge >= 0.3 is 5.97 Å². The lowest BCUT2D eigenvalue weighted by atomic mass is 10.2. The molecule has 1 saturated heterocycles. The van der Waals surface area contributed by atoms with Gasteiger partial charge in [-0.05, 0) is 49.1 Å². The number of anilines is 1. The van der Waals surface area contributed by atoms with Gasteiger partial charge in [-0.2, -0.15) is 0 Å². The number of esters is 1. The minimum absolute atomic E-state index is 0.0211. The van der Waals surface area contributed by atoms with Crippen LogP contribution in [0, 0.1) is 6.92 Å². The van der Waals surface area contributed by atoms with Crippen molar-refractivity contribution in [2.45, 2.75) is 51.4 Å². The predicted octanol–water partition coefficient (Wildman–Crippen LogP) is 4.33. The van der Waals surface area contributed by atoms with Crippen molar-refractivity contribution in [1.29, 1.82) is 0 Å². The first kappa shape index (κ1) is 26.0. The standard InChI is InChI=1S/C23H30NO3PS.CH2O2/c1-4-19(22(25)24-20-17(2)16-29-21(20)23(26)27-3)28(13-9-6-10-14-28)15-18-11-7-5-8-12-18;2-1-3/h5,7-8,11-12,16,19H,4,6,9-10,13-15H2,1-3H3;1H,(H,2,3). The van der Waals surface area contributed by atoms with Gasteiger partial charge < -0.3 is 20.0 Å². The molecule has 1 aliphatic rings. The summed E-state index contributed by atoms with van der Waals surface area (Å²) in [6.07, 6.45) is 7.94. The van der Waals surface area contributed by atoms with Crippen LogP contribution in [-0.4, -0.2) is 43.4 Å². The lowest BCUT2D eigenvalue weighted by Crippen LogP contribution is -2.34. The van der Waals surface area contributed by atoms with Crippen LogP contribution < -0.4 is 10.4 Å². The quantitative estimate of drug-likeness (QED) is 0.364. The van der Waals surface area contributed by atoms with Crippen molar-refractivity contribution < 1.29 is 24.2 Å². The van der Waals surface area contributed by atoms with E-state index in [2.05, 4.69) is 36.5 Å². The maximum Gasteiger partial charge on any atom is 0.350 e. The van der Waals surface area contributed by atoms with Gasteiger partial charge in [0.1, 0.15) is 10.5 Å². The Hall–Kier alpha value is -2.24. The first-order valence-electron chi connectivity index (χ1n) is 10.8. The zero-order valence-corrected chi connectivity index (χ0v) is 20.7. The molecule has 8 heteroatoms. The maximum atomic E-state index is 13.5. The topological polar surface area (TPSA) is 95.5 Å². The molecule has 2 aromatic rings. The SMILES string of the molecule is CCC(C(=O)Nc1c(C)csc1C(=O)OC)[P+]1(Cc2ccccc2)CCCCC1.O=C[O-]. The van der Waals surface area contributed by atoms with E-state index in [0.717, 1.165) is 18.1 Å². The van der Waals surface area contributed by atoms with E-state index in [0.29, 0.717) is 10.6 Å². The molecule has 0 aliphatic carbocycles. The van der Waals surface area contributed by atoms with Crippen molar-refractivity contribution in [3.8, 4) is 0 Å². The van der Waals surface area contributed by atoms with Crippen molar-refractivity contribution in [3.05, 3.63) is 51.7 Å². The average molecular weight is 478 g/mol. The number of thiophene rings is 1. The number of carbonyl (C=O) groups excluding carboxylic acids is 3. The number of aryl methyl sites for hydroxylation is 1. The molecule has 1 fully saturated rings. The van der Waals surface area contributed by atoms with E-state index in [1.165, 1.54) is 55.6 Å². The molecule has 0 saturated carbocycles. The largest absolute Gasteiger partial charge is 0.554 e. The minimum atomic E-state index is -1.48. The van der Waals surface area contributed by atoms with E-state index in [1.807, 2.05) is 18.4 Å². The lowest BCUT2D eigenvalue weighted by molar-refractivity contribution is -0.283.